The van der Waals surface area contributed by atoms with Gasteiger partial charge >= 0.3 is 0 Å². The lowest BCUT2D eigenvalue weighted by Gasteiger charge is -2.42. The van der Waals surface area contributed by atoms with Crippen molar-refractivity contribution in [3.63, 3.8) is 0 Å². The first-order valence-corrected chi connectivity index (χ1v) is 10.5. The van der Waals surface area contributed by atoms with Crippen molar-refractivity contribution >= 4 is 27.1 Å². The van der Waals surface area contributed by atoms with Crippen molar-refractivity contribution in [2.24, 2.45) is 11.8 Å². The zero-order valence-electron chi connectivity index (χ0n) is 15.3. The molecule has 0 spiro atoms. The summed E-state index contributed by atoms with van der Waals surface area (Å²) in [4.78, 5) is 13.8. The van der Waals surface area contributed by atoms with Crippen LogP contribution in [-0.4, -0.2) is 59.9 Å². The Labute approximate surface area is 158 Å². The van der Waals surface area contributed by atoms with E-state index in [0.717, 1.165) is 29.7 Å². The van der Waals surface area contributed by atoms with Crippen LogP contribution in [-0.2, 0) is 10.2 Å². The maximum Gasteiger partial charge on any atom is 0.279 e. The van der Waals surface area contributed by atoms with Gasteiger partial charge in [-0.05, 0) is 24.8 Å². The Balaban J connectivity index is 1.37. The summed E-state index contributed by atoms with van der Waals surface area (Å²) in [6.45, 7) is 2.59. The van der Waals surface area contributed by atoms with Crippen molar-refractivity contribution in [1.29, 1.82) is 5.26 Å². The largest absolute Gasteiger partial charge is 0.356 e. The summed E-state index contributed by atoms with van der Waals surface area (Å²) in [5.41, 5.74) is 0.790. The average Bonchev–Trinajstić information content (AvgIpc) is 3.23. The first kappa shape index (κ1) is 18.2. The Morgan fingerprint density at radius 2 is 2.15 bits per heavy atom. The standard InChI is InChI=1S/C17H23N7O2S/c1-11-8-24(9-12(11)7-18)27(25,26)22-13-5-14(6-13)23(2)17-15-3-4-19-16(15)20-10-21-17/h3-4,10-14,22H,5-6,8-9H2,1-2H3,(H,19,20,21)/t11-,12?,13?,14?/m1/s1. The highest BCUT2D eigenvalue weighted by atomic mass is 32.2. The topological polar surface area (TPSA) is 118 Å². The Morgan fingerprint density at radius 1 is 1.37 bits per heavy atom. The Bertz CT molecular complexity index is 977. The molecule has 9 nitrogen and oxygen atoms in total. The quantitative estimate of drug-likeness (QED) is 0.783. The molecule has 0 bridgehead atoms. The highest BCUT2D eigenvalue weighted by molar-refractivity contribution is 7.87. The van der Waals surface area contributed by atoms with E-state index in [1.165, 1.54) is 10.6 Å². The number of H-pyrrole nitrogens is 1. The smallest absolute Gasteiger partial charge is 0.279 e. The van der Waals surface area contributed by atoms with Crippen molar-refractivity contribution < 1.29 is 8.42 Å². The molecule has 10 heteroatoms. The molecule has 4 rings (SSSR count). The predicted molar refractivity (Wildman–Crippen MR) is 101 cm³/mol. The fourth-order valence-electron chi connectivity index (χ4n) is 3.88. The van der Waals surface area contributed by atoms with E-state index < -0.39 is 10.2 Å². The van der Waals surface area contributed by atoms with Crippen LogP contribution in [0.5, 0.6) is 0 Å². The lowest BCUT2D eigenvalue weighted by molar-refractivity contribution is 0.308. The van der Waals surface area contributed by atoms with Gasteiger partial charge in [0, 0.05) is 38.4 Å². The molecule has 144 valence electrons. The number of nitrogens with zero attached hydrogens (tertiary/aromatic N) is 5. The van der Waals surface area contributed by atoms with E-state index in [1.807, 2.05) is 26.2 Å². The minimum absolute atomic E-state index is 0.0633. The summed E-state index contributed by atoms with van der Waals surface area (Å²) in [7, 11) is -1.58. The minimum Gasteiger partial charge on any atom is -0.356 e. The van der Waals surface area contributed by atoms with Crippen molar-refractivity contribution in [1.82, 2.24) is 24.0 Å². The summed E-state index contributed by atoms with van der Waals surface area (Å²) in [6.07, 6.45) is 4.80. The summed E-state index contributed by atoms with van der Waals surface area (Å²) >= 11 is 0. The number of anilines is 1. The number of fused-ring (bicyclic) bond motifs is 1. The molecule has 0 radical (unpaired) electrons. The van der Waals surface area contributed by atoms with Crippen molar-refractivity contribution in [2.45, 2.75) is 31.8 Å². The molecule has 2 fully saturated rings. The fraction of sp³-hybridized carbons (Fsp3) is 0.588. The van der Waals surface area contributed by atoms with Gasteiger partial charge in [-0.2, -0.15) is 22.7 Å². The van der Waals surface area contributed by atoms with Crippen LogP contribution >= 0.6 is 0 Å². The van der Waals surface area contributed by atoms with Gasteiger partial charge in [0.15, 0.2) is 0 Å². The summed E-state index contributed by atoms with van der Waals surface area (Å²) in [6, 6.07) is 4.26. The third-order valence-electron chi connectivity index (χ3n) is 5.73. The van der Waals surface area contributed by atoms with E-state index in [0.29, 0.717) is 6.54 Å². The van der Waals surface area contributed by atoms with Crippen molar-refractivity contribution in [2.75, 3.05) is 25.0 Å². The van der Waals surface area contributed by atoms with Gasteiger partial charge in [-0.3, -0.25) is 0 Å². The number of aromatic amines is 1. The van der Waals surface area contributed by atoms with Crippen LogP contribution in [0.25, 0.3) is 11.0 Å². The molecule has 1 saturated carbocycles. The van der Waals surface area contributed by atoms with Gasteiger partial charge < -0.3 is 9.88 Å². The number of hydrogen-bond donors (Lipinski definition) is 2. The highest BCUT2D eigenvalue weighted by Crippen LogP contribution is 2.32. The molecule has 2 aromatic heterocycles. The molecule has 1 unspecified atom stereocenters. The zero-order chi connectivity index (χ0) is 19.2. The van der Waals surface area contributed by atoms with Gasteiger partial charge in [0.25, 0.3) is 10.2 Å². The Kier molecular flexibility index (Phi) is 4.53. The van der Waals surface area contributed by atoms with Crippen LogP contribution in [0, 0.1) is 23.2 Å². The molecule has 27 heavy (non-hydrogen) atoms. The van der Waals surface area contributed by atoms with Gasteiger partial charge in [0.05, 0.1) is 17.4 Å². The van der Waals surface area contributed by atoms with E-state index in [-0.39, 0.29) is 30.5 Å². The second-order valence-corrected chi connectivity index (χ2v) is 9.23. The normalized spacial score (nSPS) is 28.8. The second kappa shape index (κ2) is 6.74. The number of nitrogens with one attached hydrogen (secondary N) is 2. The summed E-state index contributed by atoms with van der Waals surface area (Å²) < 4.78 is 29.4. The summed E-state index contributed by atoms with van der Waals surface area (Å²) in [5.74, 6) is 0.675. The molecule has 1 aliphatic heterocycles. The van der Waals surface area contributed by atoms with E-state index in [1.54, 1.807) is 0 Å². The predicted octanol–water partition coefficient (Wildman–Crippen LogP) is 0.851. The molecule has 0 amide bonds. The van der Waals surface area contributed by atoms with Crippen LogP contribution < -0.4 is 9.62 Å². The Morgan fingerprint density at radius 3 is 2.85 bits per heavy atom. The van der Waals surface area contributed by atoms with Crippen LogP contribution in [0.3, 0.4) is 0 Å². The summed E-state index contributed by atoms with van der Waals surface area (Å²) in [5, 5.41) is 10.1. The molecular weight excluding hydrogens is 366 g/mol. The third-order valence-corrected chi connectivity index (χ3v) is 7.34. The maximum atomic E-state index is 12.6. The lowest BCUT2D eigenvalue weighted by Crippen LogP contribution is -2.55. The van der Waals surface area contributed by atoms with Gasteiger partial charge in [-0.25, -0.2) is 9.97 Å². The maximum absolute atomic E-state index is 12.6. The highest BCUT2D eigenvalue weighted by Gasteiger charge is 2.41. The lowest BCUT2D eigenvalue weighted by atomic mass is 9.86. The van der Waals surface area contributed by atoms with E-state index in [9.17, 15) is 8.42 Å². The van der Waals surface area contributed by atoms with Crippen molar-refractivity contribution in [3.8, 4) is 6.07 Å². The minimum atomic E-state index is -3.55. The van der Waals surface area contributed by atoms with Gasteiger partial charge in [0.1, 0.15) is 17.8 Å². The number of aromatic nitrogens is 3. The van der Waals surface area contributed by atoms with Gasteiger partial charge in [-0.1, -0.05) is 6.92 Å². The molecule has 1 saturated heterocycles. The third kappa shape index (κ3) is 3.26. The van der Waals surface area contributed by atoms with Crippen LogP contribution in [0.4, 0.5) is 5.82 Å². The van der Waals surface area contributed by atoms with Crippen LogP contribution in [0.15, 0.2) is 18.6 Å². The van der Waals surface area contributed by atoms with Crippen molar-refractivity contribution in [3.05, 3.63) is 18.6 Å². The first-order chi connectivity index (χ1) is 12.9. The van der Waals surface area contributed by atoms with E-state index in [2.05, 4.69) is 30.6 Å². The Hall–Kier alpha value is -2.22. The monoisotopic (exact) mass is 389 g/mol. The first-order valence-electron chi connectivity index (χ1n) is 9.07. The number of nitriles is 1. The molecule has 2 N–H and O–H groups in total. The molecule has 1 aliphatic carbocycles. The zero-order valence-corrected chi connectivity index (χ0v) is 16.1. The average molecular weight is 389 g/mol. The van der Waals surface area contributed by atoms with Gasteiger partial charge in [-0.15, -0.1) is 0 Å². The van der Waals surface area contributed by atoms with Crippen LogP contribution in [0.2, 0.25) is 0 Å². The molecule has 0 aromatic carbocycles. The SMILES string of the molecule is C[C@@H]1CN(S(=O)(=O)NC2CC(N(C)c3ncnc4[nH]ccc34)C2)CC1C#N. The molecule has 2 aliphatic rings. The second-order valence-electron chi connectivity index (χ2n) is 7.52. The number of hydrogen-bond acceptors (Lipinski definition) is 6. The molecule has 3 heterocycles. The van der Waals surface area contributed by atoms with E-state index in [4.69, 9.17) is 5.26 Å². The fourth-order valence-corrected chi connectivity index (χ4v) is 5.44. The molecular formula is C17H23N7O2S. The molecule has 2 atom stereocenters. The number of rotatable bonds is 5. The van der Waals surface area contributed by atoms with E-state index >= 15 is 0 Å². The van der Waals surface area contributed by atoms with Crippen LogP contribution in [0.1, 0.15) is 19.8 Å². The van der Waals surface area contributed by atoms with Gasteiger partial charge in [0.2, 0.25) is 0 Å². The molecule has 2 aromatic rings.